The first kappa shape index (κ1) is 20.3. The Bertz CT molecular complexity index is 716. The highest BCUT2D eigenvalue weighted by Crippen LogP contribution is 2.32. The van der Waals surface area contributed by atoms with Crippen LogP contribution in [0.4, 0.5) is 0 Å². The Morgan fingerprint density at radius 3 is 2.35 bits per heavy atom. The van der Waals surface area contributed by atoms with Crippen molar-refractivity contribution in [2.45, 2.75) is 19.8 Å². The maximum atomic E-state index is 12.6. The minimum Gasteiger partial charge on any atom is -0.483 e. The van der Waals surface area contributed by atoms with Crippen molar-refractivity contribution in [1.29, 1.82) is 0 Å². The molecule has 0 saturated carbocycles. The zero-order chi connectivity index (χ0) is 17.8. The number of benzene rings is 2. The van der Waals surface area contributed by atoms with E-state index in [1.54, 1.807) is 0 Å². The summed E-state index contributed by atoms with van der Waals surface area (Å²) in [6.45, 7) is 6.06. The third kappa shape index (κ3) is 4.37. The van der Waals surface area contributed by atoms with Gasteiger partial charge >= 0.3 is 0 Å². The predicted octanol–water partition coefficient (Wildman–Crippen LogP) is 3.30. The zero-order valence-electron chi connectivity index (χ0n) is 15.4. The molecule has 1 heterocycles. The van der Waals surface area contributed by atoms with Gasteiger partial charge in [0.25, 0.3) is 5.91 Å². The highest BCUT2D eigenvalue weighted by Gasteiger charge is 2.35. The van der Waals surface area contributed by atoms with E-state index in [0.29, 0.717) is 31.5 Å². The number of nitrogens with zero attached hydrogens (tertiary/aromatic N) is 1. The molecule has 26 heavy (non-hydrogen) atoms. The van der Waals surface area contributed by atoms with Crippen molar-refractivity contribution in [3.8, 4) is 5.75 Å². The van der Waals surface area contributed by atoms with Crippen LogP contribution in [0.3, 0.4) is 0 Å². The molecule has 1 aliphatic heterocycles. The average Bonchev–Trinajstić information content (AvgIpc) is 3.06. The van der Waals surface area contributed by atoms with E-state index in [-0.39, 0.29) is 24.9 Å². The van der Waals surface area contributed by atoms with Crippen molar-refractivity contribution in [2.75, 3.05) is 26.2 Å². The maximum absolute atomic E-state index is 12.6. The number of ether oxygens (including phenoxy) is 1. The van der Waals surface area contributed by atoms with Crippen LogP contribution in [0.15, 0.2) is 48.5 Å². The zero-order valence-corrected chi connectivity index (χ0v) is 16.2. The van der Waals surface area contributed by atoms with Crippen molar-refractivity contribution in [3.05, 3.63) is 65.2 Å². The van der Waals surface area contributed by atoms with Gasteiger partial charge in [0, 0.05) is 19.0 Å². The molecule has 1 amide bonds. The molecule has 140 valence electrons. The van der Waals surface area contributed by atoms with Crippen LogP contribution in [0.1, 0.15) is 22.6 Å². The molecular formula is C21H27ClN2O2. The summed E-state index contributed by atoms with van der Waals surface area (Å²) in [4.78, 5) is 14.5. The second-order valence-corrected chi connectivity index (χ2v) is 6.82. The Hall–Kier alpha value is -2.04. The van der Waals surface area contributed by atoms with Crippen LogP contribution >= 0.6 is 12.4 Å². The molecule has 0 radical (unpaired) electrons. The van der Waals surface area contributed by atoms with E-state index in [4.69, 9.17) is 10.5 Å². The van der Waals surface area contributed by atoms with E-state index in [2.05, 4.69) is 12.1 Å². The van der Waals surface area contributed by atoms with Gasteiger partial charge in [-0.15, -0.1) is 12.4 Å². The van der Waals surface area contributed by atoms with Crippen LogP contribution < -0.4 is 10.5 Å². The molecule has 0 unspecified atom stereocenters. The van der Waals surface area contributed by atoms with Gasteiger partial charge in [0.1, 0.15) is 5.75 Å². The van der Waals surface area contributed by atoms with Crippen LogP contribution in [-0.2, 0) is 4.79 Å². The van der Waals surface area contributed by atoms with Crippen molar-refractivity contribution in [3.63, 3.8) is 0 Å². The van der Waals surface area contributed by atoms with E-state index in [1.807, 2.05) is 55.1 Å². The SMILES string of the molecule is Cc1cccc(C)c1OCC(=O)N1C[C@@H](CN)[C@H](c2ccccc2)C1.Cl. The van der Waals surface area contributed by atoms with Gasteiger partial charge in [0.2, 0.25) is 0 Å². The Labute approximate surface area is 161 Å². The number of nitrogens with two attached hydrogens (primary N) is 1. The van der Waals surface area contributed by atoms with Gasteiger partial charge in [-0.25, -0.2) is 0 Å². The molecule has 0 spiro atoms. The van der Waals surface area contributed by atoms with Gasteiger partial charge in [0.05, 0.1) is 0 Å². The second-order valence-electron chi connectivity index (χ2n) is 6.82. The smallest absolute Gasteiger partial charge is 0.260 e. The first-order chi connectivity index (χ1) is 12.1. The molecule has 2 aromatic rings. The topological polar surface area (TPSA) is 55.6 Å². The number of amides is 1. The fourth-order valence-electron chi connectivity index (χ4n) is 3.64. The summed E-state index contributed by atoms with van der Waals surface area (Å²) in [5.74, 6) is 1.44. The van der Waals surface area contributed by atoms with Crippen molar-refractivity contribution in [1.82, 2.24) is 4.90 Å². The summed E-state index contributed by atoms with van der Waals surface area (Å²) in [7, 11) is 0. The molecule has 0 aliphatic carbocycles. The summed E-state index contributed by atoms with van der Waals surface area (Å²) < 4.78 is 5.83. The predicted molar refractivity (Wildman–Crippen MR) is 107 cm³/mol. The van der Waals surface area contributed by atoms with E-state index in [0.717, 1.165) is 16.9 Å². The molecule has 0 aromatic heterocycles. The minimum atomic E-state index is 0. The summed E-state index contributed by atoms with van der Waals surface area (Å²) in [6.07, 6.45) is 0. The number of carbonyl (C=O) groups excluding carboxylic acids is 1. The fraction of sp³-hybridized carbons (Fsp3) is 0.381. The second kappa shape index (κ2) is 9.06. The van der Waals surface area contributed by atoms with Crippen molar-refractivity contribution < 1.29 is 9.53 Å². The monoisotopic (exact) mass is 374 g/mol. The molecule has 2 aromatic carbocycles. The van der Waals surface area contributed by atoms with Crippen molar-refractivity contribution >= 4 is 18.3 Å². The summed E-state index contributed by atoms with van der Waals surface area (Å²) in [5.41, 5.74) is 9.32. The third-order valence-corrected chi connectivity index (χ3v) is 5.07. The lowest BCUT2D eigenvalue weighted by atomic mass is 9.89. The lowest BCUT2D eigenvalue weighted by Gasteiger charge is -2.18. The van der Waals surface area contributed by atoms with E-state index in [1.165, 1.54) is 5.56 Å². The lowest BCUT2D eigenvalue weighted by molar-refractivity contribution is -0.132. The van der Waals surface area contributed by atoms with E-state index < -0.39 is 0 Å². The number of likely N-dealkylation sites (tertiary alicyclic amines) is 1. The van der Waals surface area contributed by atoms with Crippen LogP contribution in [0.2, 0.25) is 0 Å². The average molecular weight is 375 g/mol. The Balaban J connectivity index is 0.00000243. The maximum Gasteiger partial charge on any atom is 0.260 e. The van der Waals surface area contributed by atoms with E-state index in [9.17, 15) is 4.79 Å². The fourth-order valence-corrected chi connectivity index (χ4v) is 3.64. The van der Waals surface area contributed by atoms with Gasteiger partial charge < -0.3 is 15.4 Å². The van der Waals surface area contributed by atoms with Crippen LogP contribution in [0, 0.1) is 19.8 Å². The number of aryl methyl sites for hydroxylation is 2. The van der Waals surface area contributed by atoms with Gasteiger partial charge in [-0.3, -0.25) is 4.79 Å². The standard InChI is InChI=1S/C21H26N2O2.ClH/c1-15-7-6-8-16(2)21(15)25-14-20(24)23-12-18(11-22)19(13-23)17-9-4-3-5-10-17;/h3-10,18-19H,11-14,22H2,1-2H3;1H/t18-,19+;/m1./s1. The third-order valence-electron chi connectivity index (χ3n) is 5.07. The first-order valence-electron chi connectivity index (χ1n) is 8.82. The Morgan fingerprint density at radius 2 is 1.73 bits per heavy atom. The van der Waals surface area contributed by atoms with Crippen LogP contribution in [0.25, 0.3) is 0 Å². The van der Waals surface area contributed by atoms with Gasteiger partial charge in [0.15, 0.2) is 6.61 Å². The number of carbonyl (C=O) groups is 1. The van der Waals surface area contributed by atoms with E-state index >= 15 is 0 Å². The highest BCUT2D eigenvalue weighted by atomic mass is 35.5. The number of hydrogen-bond acceptors (Lipinski definition) is 3. The van der Waals surface area contributed by atoms with Crippen LogP contribution in [0.5, 0.6) is 5.75 Å². The largest absolute Gasteiger partial charge is 0.483 e. The normalized spacial score (nSPS) is 19.1. The Kier molecular flexibility index (Phi) is 7.06. The molecule has 2 atom stereocenters. The summed E-state index contributed by atoms with van der Waals surface area (Å²) >= 11 is 0. The van der Waals surface area contributed by atoms with Crippen molar-refractivity contribution in [2.24, 2.45) is 11.7 Å². The number of hydrogen-bond donors (Lipinski definition) is 1. The highest BCUT2D eigenvalue weighted by molar-refractivity contribution is 5.85. The molecule has 1 aliphatic rings. The molecule has 2 N–H and O–H groups in total. The summed E-state index contributed by atoms with van der Waals surface area (Å²) in [6, 6.07) is 16.3. The molecule has 5 heteroatoms. The molecule has 1 saturated heterocycles. The molecular weight excluding hydrogens is 348 g/mol. The molecule has 0 bridgehead atoms. The molecule has 4 nitrogen and oxygen atoms in total. The lowest BCUT2D eigenvalue weighted by Crippen LogP contribution is -2.34. The Morgan fingerprint density at radius 1 is 1.08 bits per heavy atom. The number of para-hydroxylation sites is 1. The minimum absolute atomic E-state index is 0. The first-order valence-corrected chi connectivity index (χ1v) is 8.82. The molecule has 3 rings (SSSR count). The van der Waals surface area contributed by atoms with Gasteiger partial charge in [-0.05, 0) is 43.0 Å². The summed E-state index contributed by atoms with van der Waals surface area (Å²) in [5, 5.41) is 0. The van der Waals surface area contributed by atoms with Gasteiger partial charge in [-0.1, -0.05) is 48.5 Å². The van der Waals surface area contributed by atoms with Crippen LogP contribution in [-0.4, -0.2) is 37.0 Å². The number of halogens is 1. The molecule has 1 fully saturated rings. The van der Waals surface area contributed by atoms with Gasteiger partial charge in [-0.2, -0.15) is 0 Å². The number of rotatable bonds is 5. The quantitative estimate of drug-likeness (QED) is 0.873.